The number of nitrogens with one attached hydrogen (secondary N) is 1. The lowest BCUT2D eigenvalue weighted by atomic mass is 9.84. The fraction of sp³-hybridized carbons (Fsp3) is 0.333. The Morgan fingerprint density at radius 2 is 2.06 bits per heavy atom. The van der Waals surface area contributed by atoms with Crippen molar-refractivity contribution < 1.29 is 18.6 Å². The number of nitrogens with zero attached hydrogens (tertiary/aromatic N) is 3. The van der Waals surface area contributed by atoms with Crippen LogP contribution in [0.15, 0.2) is 42.5 Å². The van der Waals surface area contributed by atoms with Crippen molar-refractivity contribution in [1.29, 1.82) is 5.41 Å². The topological polar surface area (TPSA) is 98.7 Å². The lowest BCUT2D eigenvalue weighted by Crippen LogP contribution is -2.56. The maximum atomic E-state index is 14.8. The zero-order valence-corrected chi connectivity index (χ0v) is 19.8. The van der Waals surface area contributed by atoms with E-state index < -0.39 is 23.3 Å². The minimum Gasteiger partial charge on any atom is -0.497 e. The van der Waals surface area contributed by atoms with Crippen LogP contribution in [0, 0.1) is 17.0 Å². The third-order valence-electron chi connectivity index (χ3n) is 6.32. The number of aliphatic hydroxyl groups is 1. The number of ether oxygens (including phenoxy) is 1. The molecule has 34 heavy (non-hydrogen) atoms. The smallest absolute Gasteiger partial charge is 0.132 e. The van der Waals surface area contributed by atoms with Gasteiger partial charge in [-0.15, -0.1) is 11.3 Å². The molecule has 180 valence electrons. The molecule has 2 atom stereocenters. The average molecular weight is 488 g/mol. The first-order valence-corrected chi connectivity index (χ1v) is 11.6. The summed E-state index contributed by atoms with van der Waals surface area (Å²) in [5.74, 6) is 4.99. The third kappa shape index (κ3) is 4.67. The number of hydrazine groups is 1. The van der Waals surface area contributed by atoms with E-state index in [-0.39, 0.29) is 12.1 Å². The van der Waals surface area contributed by atoms with Gasteiger partial charge in [0.2, 0.25) is 0 Å². The van der Waals surface area contributed by atoms with Gasteiger partial charge >= 0.3 is 0 Å². The van der Waals surface area contributed by atoms with Crippen LogP contribution in [0.3, 0.4) is 0 Å². The highest BCUT2D eigenvalue weighted by molar-refractivity contribution is 7.15. The minimum absolute atomic E-state index is 0.0623. The molecular formula is C24H27F2N5O2S. The molecule has 4 rings (SSSR count). The molecule has 10 heteroatoms. The Morgan fingerprint density at radius 1 is 1.32 bits per heavy atom. The highest BCUT2D eigenvalue weighted by Crippen LogP contribution is 2.37. The fourth-order valence-electron chi connectivity index (χ4n) is 4.31. The van der Waals surface area contributed by atoms with Gasteiger partial charge in [-0.05, 0) is 37.3 Å². The van der Waals surface area contributed by atoms with Crippen molar-refractivity contribution in [3.63, 3.8) is 0 Å². The quantitative estimate of drug-likeness (QED) is 0.195. The van der Waals surface area contributed by atoms with Gasteiger partial charge in [0.15, 0.2) is 0 Å². The van der Waals surface area contributed by atoms with Gasteiger partial charge in [-0.3, -0.25) is 15.3 Å². The number of methoxy groups -OCH3 is 1. The maximum absolute atomic E-state index is 14.8. The van der Waals surface area contributed by atoms with Crippen LogP contribution in [0.4, 0.5) is 8.78 Å². The normalized spacial score (nSPS) is 16.4. The monoisotopic (exact) mass is 487 g/mol. The Hall–Kier alpha value is -2.92. The van der Waals surface area contributed by atoms with E-state index in [4.69, 9.17) is 21.0 Å². The Bertz CT molecular complexity index is 1170. The molecule has 2 aromatic carbocycles. The first kappa shape index (κ1) is 24.2. The van der Waals surface area contributed by atoms with Gasteiger partial charge < -0.3 is 9.84 Å². The van der Waals surface area contributed by atoms with Gasteiger partial charge in [0.25, 0.3) is 0 Å². The average Bonchev–Trinajstić information content (AvgIpc) is 3.26. The molecular weight excluding hydrogens is 460 g/mol. The van der Waals surface area contributed by atoms with Crippen LogP contribution in [0.5, 0.6) is 5.75 Å². The highest BCUT2D eigenvalue weighted by atomic mass is 32.1. The Morgan fingerprint density at radius 3 is 2.71 bits per heavy atom. The second-order valence-corrected chi connectivity index (χ2v) is 9.45. The summed E-state index contributed by atoms with van der Waals surface area (Å²) >= 11 is 1.58. The van der Waals surface area contributed by atoms with Crippen LogP contribution in [-0.4, -0.2) is 52.6 Å². The molecule has 0 bridgehead atoms. The van der Waals surface area contributed by atoms with E-state index >= 15 is 0 Å². The number of aromatic nitrogens is 1. The summed E-state index contributed by atoms with van der Waals surface area (Å²) < 4.78 is 33.5. The molecule has 1 aliphatic heterocycles. The third-order valence-corrected chi connectivity index (χ3v) is 7.46. The predicted octanol–water partition coefficient (Wildman–Crippen LogP) is 3.51. The molecule has 2 unspecified atom stereocenters. The lowest BCUT2D eigenvalue weighted by Gasteiger charge is -2.43. The Kier molecular flexibility index (Phi) is 6.94. The van der Waals surface area contributed by atoms with Gasteiger partial charge in [0.1, 0.15) is 28.0 Å². The molecule has 1 aliphatic rings. The fourth-order valence-corrected chi connectivity index (χ4v) is 5.45. The molecule has 0 radical (unpaired) electrons. The zero-order valence-electron chi connectivity index (χ0n) is 19.0. The number of nitrogens with two attached hydrogens (primary N) is 1. The molecule has 0 fully saturated rings. The molecule has 0 saturated heterocycles. The van der Waals surface area contributed by atoms with Crippen molar-refractivity contribution >= 4 is 17.7 Å². The number of thiazole rings is 1. The molecule has 1 aromatic heterocycles. The van der Waals surface area contributed by atoms with E-state index in [0.717, 1.165) is 50.4 Å². The summed E-state index contributed by atoms with van der Waals surface area (Å²) in [5, 5.41) is 21.0. The van der Waals surface area contributed by atoms with Crippen LogP contribution in [0.1, 0.15) is 23.1 Å². The van der Waals surface area contributed by atoms with Crippen molar-refractivity contribution in [2.75, 3.05) is 20.2 Å². The van der Waals surface area contributed by atoms with Crippen molar-refractivity contribution in [3.05, 3.63) is 70.2 Å². The second kappa shape index (κ2) is 9.75. The number of hydrogen-bond donors (Lipinski definition) is 3. The van der Waals surface area contributed by atoms with Crippen molar-refractivity contribution in [1.82, 2.24) is 14.9 Å². The summed E-state index contributed by atoms with van der Waals surface area (Å²) in [6.45, 7) is 2.67. The standard InChI is InChI=1S/C24H27F2N5O2S/c1-15(24(32,13-31(28)14-27)19-8-5-17(25)11-20(19)26)30-10-9-21-22(12-30)34-23(29-21)16-3-6-18(33-2)7-4-16/h3-8,11,14-15,27,32H,9-10,12-13,28H2,1-2H3. The van der Waals surface area contributed by atoms with E-state index in [1.807, 2.05) is 29.2 Å². The number of fused-ring (bicyclic) bond motifs is 1. The molecule has 4 N–H and O–H groups in total. The SMILES string of the molecule is COc1ccc(-c2nc3c(s2)CN(C(C)C(O)(CN(N)C=N)c2ccc(F)cc2F)CC3)cc1. The largest absolute Gasteiger partial charge is 0.497 e. The summed E-state index contributed by atoms with van der Waals surface area (Å²) in [6.07, 6.45) is 1.53. The van der Waals surface area contributed by atoms with E-state index in [0.29, 0.717) is 19.5 Å². The Balaban J connectivity index is 1.62. The highest BCUT2D eigenvalue weighted by Gasteiger charge is 2.43. The molecule has 2 heterocycles. The molecule has 7 nitrogen and oxygen atoms in total. The van der Waals surface area contributed by atoms with Crippen molar-refractivity contribution in [2.24, 2.45) is 5.84 Å². The number of rotatable bonds is 8. The van der Waals surface area contributed by atoms with E-state index in [9.17, 15) is 13.9 Å². The molecule has 0 saturated carbocycles. The van der Waals surface area contributed by atoms with E-state index in [2.05, 4.69) is 0 Å². The number of halogens is 2. The minimum atomic E-state index is -1.79. The van der Waals surface area contributed by atoms with Crippen LogP contribution >= 0.6 is 11.3 Å². The van der Waals surface area contributed by atoms with Gasteiger partial charge in [0.05, 0.1) is 25.7 Å². The molecule has 0 amide bonds. The molecule has 0 aliphatic carbocycles. The molecule has 3 aromatic rings. The second-order valence-electron chi connectivity index (χ2n) is 8.36. The van der Waals surface area contributed by atoms with Crippen molar-refractivity contribution in [3.8, 4) is 16.3 Å². The Labute approximate surface area is 200 Å². The van der Waals surface area contributed by atoms with Crippen LogP contribution < -0.4 is 10.6 Å². The number of hydrogen-bond acceptors (Lipinski definition) is 7. The predicted molar refractivity (Wildman–Crippen MR) is 128 cm³/mol. The van der Waals surface area contributed by atoms with Crippen molar-refractivity contribution in [2.45, 2.75) is 31.5 Å². The van der Waals surface area contributed by atoms with Gasteiger partial charge in [-0.1, -0.05) is 6.07 Å². The lowest BCUT2D eigenvalue weighted by molar-refractivity contribution is -0.0645. The van der Waals surface area contributed by atoms with E-state index in [1.165, 1.54) is 6.07 Å². The zero-order chi connectivity index (χ0) is 24.5. The summed E-state index contributed by atoms with van der Waals surface area (Å²) in [5.41, 5.74) is 0.156. The summed E-state index contributed by atoms with van der Waals surface area (Å²) in [4.78, 5) is 7.92. The van der Waals surface area contributed by atoms with Crippen LogP contribution in [0.2, 0.25) is 0 Å². The van der Waals surface area contributed by atoms with Gasteiger partial charge in [-0.2, -0.15) is 0 Å². The maximum Gasteiger partial charge on any atom is 0.132 e. The summed E-state index contributed by atoms with van der Waals surface area (Å²) in [6, 6.07) is 10.2. The van der Waals surface area contributed by atoms with Gasteiger partial charge in [0, 0.05) is 47.6 Å². The van der Waals surface area contributed by atoms with E-state index in [1.54, 1.807) is 25.4 Å². The molecule has 0 spiro atoms. The first-order chi connectivity index (χ1) is 16.2. The first-order valence-electron chi connectivity index (χ1n) is 10.8. The van der Waals surface area contributed by atoms with Gasteiger partial charge in [-0.25, -0.2) is 19.6 Å². The van der Waals surface area contributed by atoms with Crippen LogP contribution in [0.25, 0.3) is 10.6 Å². The summed E-state index contributed by atoms with van der Waals surface area (Å²) in [7, 11) is 1.62. The number of benzene rings is 2. The van der Waals surface area contributed by atoms with Crippen LogP contribution in [-0.2, 0) is 18.6 Å².